The van der Waals surface area contributed by atoms with E-state index < -0.39 is 51.5 Å². The molecule has 2 rings (SSSR count). The summed E-state index contributed by atoms with van der Waals surface area (Å²) in [4.78, 5) is 26.9. The molecule has 3 amide bonds. The van der Waals surface area contributed by atoms with E-state index in [0.29, 0.717) is 11.0 Å². The molecule has 0 spiro atoms. The lowest BCUT2D eigenvalue weighted by molar-refractivity contribution is -0.137. The number of halogens is 3. The van der Waals surface area contributed by atoms with E-state index in [2.05, 4.69) is 4.18 Å². The van der Waals surface area contributed by atoms with Crippen LogP contribution in [-0.4, -0.2) is 50.2 Å². The molecule has 0 aliphatic carbocycles. The lowest BCUT2D eigenvalue weighted by Gasteiger charge is -2.27. The van der Waals surface area contributed by atoms with Crippen molar-refractivity contribution in [2.24, 2.45) is 0 Å². The van der Waals surface area contributed by atoms with Crippen LogP contribution >= 0.6 is 0 Å². The lowest BCUT2D eigenvalue weighted by atomic mass is 10.0. The third-order valence-electron chi connectivity index (χ3n) is 4.12. The van der Waals surface area contributed by atoms with E-state index in [0.717, 1.165) is 23.3 Å². The molecule has 0 unspecified atom stereocenters. The zero-order valence-electron chi connectivity index (χ0n) is 15.1. The van der Waals surface area contributed by atoms with Crippen LogP contribution in [0.1, 0.15) is 25.0 Å². The minimum atomic E-state index is -4.86. The summed E-state index contributed by atoms with van der Waals surface area (Å²) in [6.07, 6.45) is -4.04. The Balaban J connectivity index is 2.41. The zero-order chi connectivity index (χ0) is 21.5. The normalized spacial score (nSPS) is 17.2. The number of urea groups is 1. The Morgan fingerprint density at radius 1 is 1.25 bits per heavy atom. The molecule has 1 aliphatic rings. The van der Waals surface area contributed by atoms with Gasteiger partial charge in [-0.05, 0) is 32.0 Å². The van der Waals surface area contributed by atoms with Gasteiger partial charge in [0.2, 0.25) is 0 Å². The van der Waals surface area contributed by atoms with E-state index in [1.807, 2.05) is 0 Å². The van der Waals surface area contributed by atoms with Crippen LogP contribution in [0.15, 0.2) is 18.2 Å². The maximum absolute atomic E-state index is 13.2. The van der Waals surface area contributed by atoms with Gasteiger partial charge in [0.25, 0.3) is 16.0 Å². The number of carbonyl (C=O) groups excluding carboxylic acids is 2. The van der Waals surface area contributed by atoms with Crippen molar-refractivity contribution < 1.29 is 35.4 Å². The molecule has 0 saturated carbocycles. The van der Waals surface area contributed by atoms with E-state index in [4.69, 9.17) is 5.26 Å². The summed E-state index contributed by atoms with van der Waals surface area (Å²) >= 11 is 0. The Labute approximate surface area is 159 Å². The molecular weight excluding hydrogens is 403 g/mol. The van der Waals surface area contributed by atoms with E-state index >= 15 is 0 Å². The molecule has 1 aliphatic heterocycles. The van der Waals surface area contributed by atoms with Crippen molar-refractivity contribution in [3.05, 3.63) is 29.3 Å². The smallest absolute Gasteiger partial charge is 0.307 e. The van der Waals surface area contributed by atoms with Gasteiger partial charge in [-0.1, -0.05) is 0 Å². The summed E-state index contributed by atoms with van der Waals surface area (Å²) in [6, 6.07) is 2.99. The summed E-state index contributed by atoms with van der Waals surface area (Å²) in [5.74, 6) is -0.797. The summed E-state index contributed by atoms with van der Waals surface area (Å²) in [6.45, 7) is 2.06. The number of nitrogens with zero attached hydrogens (tertiary/aromatic N) is 3. The fourth-order valence-corrected chi connectivity index (χ4v) is 3.10. The first-order valence-electron chi connectivity index (χ1n) is 7.82. The van der Waals surface area contributed by atoms with Gasteiger partial charge in [0, 0.05) is 6.54 Å². The first kappa shape index (κ1) is 21.6. The number of rotatable bonds is 5. The maximum atomic E-state index is 13.2. The van der Waals surface area contributed by atoms with Crippen molar-refractivity contribution in [2.45, 2.75) is 25.6 Å². The molecule has 12 heteroatoms. The van der Waals surface area contributed by atoms with E-state index in [1.165, 1.54) is 19.9 Å². The van der Waals surface area contributed by atoms with Crippen molar-refractivity contribution in [1.29, 1.82) is 5.26 Å². The highest BCUT2D eigenvalue weighted by Crippen LogP contribution is 2.37. The predicted octanol–water partition coefficient (Wildman–Crippen LogP) is 2.10. The minimum Gasteiger partial charge on any atom is -0.307 e. The van der Waals surface area contributed by atoms with Crippen LogP contribution in [0.25, 0.3) is 0 Å². The van der Waals surface area contributed by atoms with E-state index in [9.17, 15) is 31.2 Å². The SMILES string of the molecule is CC1(C)C(=O)N(c2ccc(C#N)c(C(F)(F)F)c2)C(=O)N1CCOS(C)(=O)=O. The van der Waals surface area contributed by atoms with Crippen LogP contribution < -0.4 is 4.90 Å². The van der Waals surface area contributed by atoms with Crippen LogP contribution in [0, 0.1) is 11.3 Å². The molecule has 0 atom stereocenters. The van der Waals surface area contributed by atoms with E-state index in [1.54, 1.807) is 0 Å². The largest absolute Gasteiger partial charge is 0.417 e. The highest BCUT2D eigenvalue weighted by atomic mass is 32.2. The molecular formula is C16H16F3N3O5S. The third-order valence-corrected chi connectivity index (χ3v) is 4.72. The quantitative estimate of drug-likeness (QED) is 0.534. The Hall–Kier alpha value is -2.65. The number of nitriles is 1. The Kier molecular flexibility index (Phi) is 5.46. The number of benzene rings is 1. The molecule has 0 N–H and O–H groups in total. The van der Waals surface area contributed by atoms with Gasteiger partial charge < -0.3 is 4.90 Å². The zero-order valence-corrected chi connectivity index (χ0v) is 15.9. The molecule has 1 aromatic carbocycles. The van der Waals surface area contributed by atoms with Crippen molar-refractivity contribution >= 4 is 27.7 Å². The topological polar surface area (TPSA) is 108 Å². The van der Waals surface area contributed by atoms with Crippen molar-refractivity contribution in [3.63, 3.8) is 0 Å². The summed E-state index contributed by atoms with van der Waals surface area (Å²) in [7, 11) is -3.77. The number of hydrogen-bond acceptors (Lipinski definition) is 6. The second-order valence-electron chi connectivity index (χ2n) is 6.50. The minimum absolute atomic E-state index is 0.274. The lowest BCUT2D eigenvalue weighted by Crippen LogP contribution is -2.45. The van der Waals surface area contributed by atoms with Gasteiger partial charge in [0.1, 0.15) is 5.54 Å². The van der Waals surface area contributed by atoms with Crippen LogP contribution in [-0.2, 0) is 25.3 Å². The van der Waals surface area contributed by atoms with Gasteiger partial charge in [-0.25, -0.2) is 9.69 Å². The van der Waals surface area contributed by atoms with Gasteiger partial charge >= 0.3 is 12.2 Å². The molecule has 8 nitrogen and oxygen atoms in total. The monoisotopic (exact) mass is 419 g/mol. The third kappa shape index (κ3) is 4.10. The summed E-state index contributed by atoms with van der Waals surface area (Å²) < 4.78 is 66.2. The number of imide groups is 1. The number of hydrogen-bond donors (Lipinski definition) is 0. The van der Waals surface area contributed by atoms with Gasteiger partial charge in [0.05, 0.1) is 35.7 Å². The average molecular weight is 419 g/mol. The van der Waals surface area contributed by atoms with Gasteiger partial charge in [-0.2, -0.15) is 26.9 Å². The van der Waals surface area contributed by atoms with Crippen molar-refractivity contribution in [2.75, 3.05) is 24.3 Å². The van der Waals surface area contributed by atoms with E-state index in [-0.39, 0.29) is 12.2 Å². The Bertz CT molecular complexity index is 967. The van der Waals surface area contributed by atoms with Crippen LogP contribution in [0.5, 0.6) is 0 Å². The highest BCUT2D eigenvalue weighted by molar-refractivity contribution is 7.85. The second kappa shape index (κ2) is 7.06. The number of anilines is 1. The van der Waals surface area contributed by atoms with Gasteiger partial charge in [-0.3, -0.25) is 8.98 Å². The van der Waals surface area contributed by atoms with Gasteiger partial charge in [-0.15, -0.1) is 0 Å². The van der Waals surface area contributed by atoms with Crippen molar-refractivity contribution in [3.8, 4) is 6.07 Å². The second-order valence-corrected chi connectivity index (χ2v) is 8.14. The molecule has 1 aromatic rings. The first-order valence-corrected chi connectivity index (χ1v) is 9.63. The molecule has 0 bridgehead atoms. The van der Waals surface area contributed by atoms with Crippen LogP contribution in [0.3, 0.4) is 0 Å². The Morgan fingerprint density at radius 2 is 1.86 bits per heavy atom. The fourth-order valence-electron chi connectivity index (χ4n) is 2.72. The van der Waals surface area contributed by atoms with Crippen LogP contribution in [0.4, 0.5) is 23.7 Å². The van der Waals surface area contributed by atoms with Gasteiger partial charge in [0.15, 0.2) is 0 Å². The Morgan fingerprint density at radius 3 is 2.36 bits per heavy atom. The highest BCUT2D eigenvalue weighted by Gasteiger charge is 2.52. The molecule has 28 heavy (non-hydrogen) atoms. The molecule has 0 radical (unpaired) electrons. The average Bonchev–Trinajstić information content (AvgIpc) is 2.72. The predicted molar refractivity (Wildman–Crippen MR) is 90.6 cm³/mol. The standard InChI is InChI=1S/C16H16F3N3O5S/c1-15(2)13(23)22(14(24)21(15)6-7-27-28(3,25)26)11-5-4-10(9-20)12(8-11)16(17,18)19/h4-5,8H,6-7H2,1-3H3. The van der Waals surface area contributed by atoms with Crippen LogP contribution in [0.2, 0.25) is 0 Å². The molecule has 152 valence electrons. The summed E-state index contributed by atoms with van der Waals surface area (Å²) in [5, 5.41) is 8.86. The fraction of sp³-hybridized carbons (Fsp3) is 0.438. The number of amides is 3. The molecule has 0 aromatic heterocycles. The first-order chi connectivity index (χ1) is 12.7. The molecule has 1 saturated heterocycles. The molecule has 1 heterocycles. The number of alkyl halides is 3. The van der Waals surface area contributed by atoms with Crippen molar-refractivity contribution in [1.82, 2.24) is 4.90 Å². The number of carbonyl (C=O) groups is 2. The maximum Gasteiger partial charge on any atom is 0.417 e. The summed E-state index contributed by atoms with van der Waals surface area (Å²) in [5.41, 5.74) is -3.71. The molecule has 1 fully saturated rings.